The molecule has 1 aromatic carbocycles. The van der Waals surface area contributed by atoms with Gasteiger partial charge in [0.15, 0.2) is 0 Å². The first-order valence-electron chi connectivity index (χ1n) is 6.11. The van der Waals surface area contributed by atoms with Crippen molar-refractivity contribution >= 4 is 27.5 Å². The number of nitrogen functional groups attached to an aromatic ring is 1. The number of aromatic nitrogens is 2. The van der Waals surface area contributed by atoms with E-state index >= 15 is 0 Å². The van der Waals surface area contributed by atoms with Crippen LogP contribution in [0.25, 0.3) is 0 Å². The van der Waals surface area contributed by atoms with Gasteiger partial charge in [-0.1, -0.05) is 0 Å². The number of rotatable bonds is 1. The topological polar surface area (TPSA) is 75.0 Å². The van der Waals surface area contributed by atoms with E-state index in [9.17, 15) is 9.18 Å². The molecule has 0 saturated heterocycles. The summed E-state index contributed by atoms with van der Waals surface area (Å²) in [6, 6.07) is 2.42. The molecular weight excluding hydrogens is 327 g/mol. The Bertz CT molecular complexity index is 685. The lowest BCUT2D eigenvalue weighted by Crippen LogP contribution is -2.36. The van der Waals surface area contributed by atoms with Gasteiger partial charge in [-0.2, -0.15) is 5.10 Å². The number of hydrogen-bond acceptors (Lipinski definition) is 3. The summed E-state index contributed by atoms with van der Waals surface area (Å²) >= 11 is 3.16. The first-order valence-corrected chi connectivity index (χ1v) is 6.90. The molecule has 0 radical (unpaired) electrons. The predicted octanol–water partition coefficient (Wildman–Crippen LogP) is 2.09. The maximum Gasteiger partial charge on any atom is 0.256 e. The summed E-state index contributed by atoms with van der Waals surface area (Å²) in [7, 11) is 0. The monoisotopic (exact) mass is 338 g/mol. The molecule has 5 nitrogen and oxygen atoms in total. The van der Waals surface area contributed by atoms with E-state index in [2.05, 4.69) is 26.1 Å². The van der Waals surface area contributed by atoms with Crippen LogP contribution < -0.4 is 5.73 Å². The number of nitrogens with two attached hydrogens (primary N) is 1. The van der Waals surface area contributed by atoms with Crippen LogP contribution in [0.2, 0.25) is 0 Å². The minimum atomic E-state index is -0.490. The molecule has 1 aliphatic rings. The van der Waals surface area contributed by atoms with Crippen LogP contribution in [0.5, 0.6) is 0 Å². The van der Waals surface area contributed by atoms with E-state index in [1.165, 1.54) is 12.1 Å². The average Bonchev–Trinajstić information content (AvgIpc) is 2.89. The maximum absolute atomic E-state index is 13.5. The third-order valence-corrected chi connectivity index (χ3v) is 4.07. The molecule has 20 heavy (non-hydrogen) atoms. The normalized spacial score (nSPS) is 14.2. The lowest BCUT2D eigenvalue weighted by Gasteiger charge is -2.27. The number of aromatic amines is 1. The second-order valence-corrected chi connectivity index (χ2v) is 5.55. The molecule has 2 heterocycles. The fourth-order valence-corrected chi connectivity index (χ4v) is 2.76. The van der Waals surface area contributed by atoms with E-state index in [0.717, 1.165) is 11.3 Å². The number of benzene rings is 1. The quantitative estimate of drug-likeness (QED) is 0.782. The maximum atomic E-state index is 13.5. The standard InChI is InChI=1S/C13H12BrFN4O/c14-10-4-8(15)3-9(12(10)16)13(20)19-2-1-11-7(6-19)5-17-18-11/h3-5H,1-2,6,16H2,(H,17,18). The van der Waals surface area contributed by atoms with Gasteiger partial charge in [-0.3, -0.25) is 9.89 Å². The third kappa shape index (κ3) is 2.18. The summed E-state index contributed by atoms with van der Waals surface area (Å²) in [5.41, 5.74) is 8.33. The molecule has 0 fully saturated rings. The van der Waals surface area contributed by atoms with Crippen LogP contribution in [-0.4, -0.2) is 27.5 Å². The lowest BCUT2D eigenvalue weighted by molar-refractivity contribution is 0.0735. The van der Waals surface area contributed by atoms with E-state index < -0.39 is 5.82 Å². The van der Waals surface area contributed by atoms with Crippen molar-refractivity contribution in [3.05, 3.63) is 45.4 Å². The number of H-pyrrole nitrogens is 1. The van der Waals surface area contributed by atoms with E-state index in [1.807, 2.05) is 0 Å². The molecule has 3 rings (SSSR count). The number of anilines is 1. The number of carbonyl (C=O) groups is 1. The molecular formula is C13H12BrFN4O. The van der Waals surface area contributed by atoms with Gasteiger partial charge in [0.1, 0.15) is 5.82 Å². The third-order valence-electron chi connectivity index (χ3n) is 3.41. The highest BCUT2D eigenvalue weighted by Crippen LogP contribution is 2.27. The highest BCUT2D eigenvalue weighted by molar-refractivity contribution is 9.10. The first-order chi connectivity index (χ1) is 9.56. The predicted molar refractivity (Wildman–Crippen MR) is 75.5 cm³/mol. The van der Waals surface area contributed by atoms with Gasteiger partial charge in [-0.25, -0.2) is 4.39 Å². The Morgan fingerprint density at radius 3 is 3.10 bits per heavy atom. The molecule has 0 aliphatic carbocycles. The fraction of sp³-hybridized carbons (Fsp3) is 0.231. The second kappa shape index (κ2) is 4.90. The second-order valence-electron chi connectivity index (χ2n) is 4.70. The van der Waals surface area contributed by atoms with Crippen LogP contribution in [0.1, 0.15) is 21.6 Å². The Morgan fingerprint density at radius 1 is 1.50 bits per heavy atom. The van der Waals surface area contributed by atoms with Gasteiger partial charge in [0.05, 0.1) is 17.4 Å². The zero-order valence-electron chi connectivity index (χ0n) is 10.5. The SMILES string of the molecule is Nc1c(Br)cc(F)cc1C(=O)N1CCc2[nH]ncc2C1. The van der Waals surface area contributed by atoms with Crippen LogP contribution in [0, 0.1) is 5.82 Å². The fourth-order valence-electron chi connectivity index (χ4n) is 2.33. The van der Waals surface area contributed by atoms with Crippen molar-refractivity contribution < 1.29 is 9.18 Å². The van der Waals surface area contributed by atoms with Crippen LogP contribution in [0.3, 0.4) is 0 Å². The van der Waals surface area contributed by atoms with Crippen LogP contribution in [0.15, 0.2) is 22.8 Å². The molecule has 0 bridgehead atoms. The zero-order chi connectivity index (χ0) is 14.3. The molecule has 3 N–H and O–H groups in total. The van der Waals surface area contributed by atoms with Crippen molar-refractivity contribution in [1.82, 2.24) is 15.1 Å². The van der Waals surface area contributed by atoms with Crippen molar-refractivity contribution in [3.63, 3.8) is 0 Å². The molecule has 1 amide bonds. The minimum absolute atomic E-state index is 0.184. The van der Waals surface area contributed by atoms with Gasteiger partial charge in [-0.15, -0.1) is 0 Å². The van der Waals surface area contributed by atoms with E-state index in [1.54, 1.807) is 11.1 Å². The summed E-state index contributed by atoms with van der Waals surface area (Å²) < 4.78 is 13.8. The van der Waals surface area contributed by atoms with Crippen molar-refractivity contribution in [3.8, 4) is 0 Å². The molecule has 104 valence electrons. The Kier molecular flexibility index (Phi) is 3.21. The van der Waals surface area contributed by atoms with Gasteiger partial charge in [0.2, 0.25) is 0 Å². The molecule has 7 heteroatoms. The molecule has 0 atom stereocenters. The number of halogens is 2. The van der Waals surface area contributed by atoms with Gasteiger partial charge in [0, 0.05) is 35.2 Å². The summed E-state index contributed by atoms with van der Waals surface area (Å²) in [6.07, 6.45) is 2.41. The van der Waals surface area contributed by atoms with Gasteiger partial charge < -0.3 is 10.6 Å². The van der Waals surface area contributed by atoms with Gasteiger partial charge in [0.25, 0.3) is 5.91 Å². The highest BCUT2D eigenvalue weighted by atomic mass is 79.9. The van der Waals surface area contributed by atoms with Crippen molar-refractivity contribution in [2.45, 2.75) is 13.0 Å². The summed E-state index contributed by atoms with van der Waals surface area (Å²) in [5, 5.41) is 6.87. The average molecular weight is 339 g/mol. The van der Waals surface area contributed by atoms with E-state index in [4.69, 9.17) is 5.73 Å². The number of fused-ring (bicyclic) bond motifs is 1. The van der Waals surface area contributed by atoms with Gasteiger partial charge in [-0.05, 0) is 28.1 Å². The molecule has 0 saturated carbocycles. The Morgan fingerprint density at radius 2 is 2.30 bits per heavy atom. The Balaban J connectivity index is 1.91. The number of nitrogens with one attached hydrogen (secondary N) is 1. The Labute approximate surface area is 123 Å². The van der Waals surface area contributed by atoms with Gasteiger partial charge >= 0.3 is 0 Å². The van der Waals surface area contributed by atoms with Crippen LogP contribution in [-0.2, 0) is 13.0 Å². The number of amides is 1. The number of hydrogen-bond donors (Lipinski definition) is 2. The first kappa shape index (κ1) is 13.1. The highest BCUT2D eigenvalue weighted by Gasteiger charge is 2.25. The molecule has 1 aliphatic heterocycles. The van der Waals surface area contributed by atoms with Crippen LogP contribution >= 0.6 is 15.9 Å². The summed E-state index contributed by atoms with van der Waals surface area (Å²) in [4.78, 5) is 14.1. The van der Waals surface area contributed by atoms with Crippen molar-refractivity contribution in [2.75, 3.05) is 12.3 Å². The molecule has 0 unspecified atom stereocenters. The number of nitrogens with zero attached hydrogens (tertiary/aromatic N) is 2. The molecule has 2 aromatic rings. The number of carbonyl (C=O) groups excluding carboxylic acids is 1. The van der Waals surface area contributed by atoms with Crippen molar-refractivity contribution in [2.24, 2.45) is 0 Å². The zero-order valence-corrected chi connectivity index (χ0v) is 12.1. The summed E-state index contributed by atoms with van der Waals surface area (Å²) in [6.45, 7) is 1.01. The minimum Gasteiger partial charge on any atom is -0.397 e. The Hall–Kier alpha value is -1.89. The smallest absolute Gasteiger partial charge is 0.256 e. The van der Waals surface area contributed by atoms with Crippen LogP contribution in [0.4, 0.5) is 10.1 Å². The molecule has 1 aromatic heterocycles. The summed E-state index contributed by atoms with van der Waals surface area (Å²) in [5.74, 6) is -0.759. The largest absolute Gasteiger partial charge is 0.397 e. The van der Waals surface area contributed by atoms with E-state index in [-0.39, 0.29) is 17.2 Å². The van der Waals surface area contributed by atoms with Crippen molar-refractivity contribution in [1.29, 1.82) is 0 Å². The van der Waals surface area contributed by atoms with E-state index in [0.29, 0.717) is 24.0 Å². The molecule has 0 spiro atoms. The lowest BCUT2D eigenvalue weighted by atomic mass is 10.1.